The molecule has 7 N–H and O–H groups in total. The zero-order valence-corrected chi connectivity index (χ0v) is 21.5. The largest absolute Gasteiger partial charge is 0.481 e. The maximum atomic E-state index is 13.1. The van der Waals surface area contributed by atoms with E-state index < -0.39 is 54.3 Å². The monoisotopic (exact) mass is 529 g/mol. The minimum Gasteiger partial charge on any atom is -0.481 e. The Kier molecular flexibility index (Phi) is 9.45. The van der Waals surface area contributed by atoms with E-state index in [9.17, 15) is 34.2 Å². The highest BCUT2D eigenvalue weighted by molar-refractivity contribution is 5.96. The molecule has 12 heteroatoms. The highest BCUT2D eigenvalue weighted by Gasteiger charge is 2.39. The second kappa shape index (κ2) is 12.5. The predicted molar refractivity (Wildman–Crippen MR) is 138 cm³/mol. The molecule has 1 aliphatic rings. The lowest BCUT2D eigenvalue weighted by atomic mass is 9.98. The molecule has 12 nitrogen and oxygen atoms in total. The number of carboxylic acids is 2. The van der Waals surface area contributed by atoms with Crippen LogP contribution in [0.25, 0.3) is 10.9 Å². The second-order valence-electron chi connectivity index (χ2n) is 9.72. The number of hydrogen-bond donors (Lipinski definition) is 6. The third kappa shape index (κ3) is 6.68. The zero-order chi connectivity index (χ0) is 28.0. The standard InChI is InChI=1S/C26H35N5O7/c1-3-14(2)22(27)25(36)31-10-6-9-20(31)24(35)29-18(12-21(32)33)23(34)30-19(26(37)38)11-15-13-28-17-8-5-4-7-16(15)17/h4-5,7-8,13-14,18-20,22,28H,3,6,9-12,27H2,1-2H3,(H,29,35)(H,30,34)(H,32,33)(H,37,38). The van der Waals surface area contributed by atoms with Crippen LogP contribution in [0.15, 0.2) is 30.5 Å². The Labute approximate surface area is 219 Å². The lowest BCUT2D eigenvalue weighted by molar-refractivity contribution is -0.145. The van der Waals surface area contributed by atoms with Gasteiger partial charge in [0, 0.05) is 30.1 Å². The minimum atomic E-state index is -1.54. The van der Waals surface area contributed by atoms with Gasteiger partial charge >= 0.3 is 11.9 Å². The Morgan fingerprint density at radius 3 is 2.50 bits per heavy atom. The number of nitrogens with one attached hydrogen (secondary N) is 3. The van der Waals surface area contributed by atoms with Crippen molar-refractivity contribution in [3.63, 3.8) is 0 Å². The second-order valence-corrected chi connectivity index (χ2v) is 9.72. The van der Waals surface area contributed by atoms with Gasteiger partial charge in [-0.1, -0.05) is 38.5 Å². The van der Waals surface area contributed by atoms with Gasteiger partial charge in [0.25, 0.3) is 0 Å². The van der Waals surface area contributed by atoms with Gasteiger partial charge in [0.1, 0.15) is 18.1 Å². The van der Waals surface area contributed by atoms with E-state index in [1.165, 1.54) is 4.90 Å². The number of amides is 3. The Morgan fingerprint density at radius 2 is 1.84 bits per heavy atom. The van der Waals surface area contributed by atoms with Crippen molar-refractivity contribution < 1.29 is 34.2 Å². The highest BCUT2D eigenvalue weighted by Crippen LogP contribution is 2.21. The molecule has 3 amide bonds. The first-order valence-electron chi connectivity index (χ1n) is 12.7. The SMILES string of the molecule is CCC(C)C(N)C(=O)N1CCCC1C(=O)NC(CC(=O)O)C(=O)NC(Cc1c[nH]c2ccccc12)C(=O)O. The summed E-state index contributed by atoms with van der Waals surface area (Å²) in [5.74, 6) is -4.76. The van der Waals surface area contributed by atoms with Gasteiger partial charge < -0.3 is 36.5 Å². The summed E-state index contributed by atoms with van der Waals surface area (Å²) in [6, 6.07) is 2.69. The maximum absolute atomic E-state index is 13.1. The molecule has 0 aliphatic carbocycles. The van der Waals surface area contributed by atoms with E-state index in [1.807, 2.05) is 32.0 Å². The van der Waals surface area contributed by atoms with Gasteiger partial charge in [-0.05, 0) is 30.4 Å². The van der Waals surface area contributed by atoms with Gasteiger partial charge in [-0.3, -0.25) is 19.2 Å². The molecule has 38 heavy (non-hydrogen) atoms. The summed E-state index contributed by atoms with van der Waals surface area (Å²) in [5, 5.41) is 24.7. The summed E-state index contributed by atoms with van der Waals surface area (Å²) in [7, 11) is 0. The van der Waals surface area contributed by atoms with Crippen molar-refractivity contribution in [2.24, 2.45) is 11.7 Å². The summed E-state index contributed by atoms with van der Waals surface area (Å²) >= 11 is 0. The van der Waals surface area contributed by atoms with E-state index >= 15 is 0 Å². The molecule has 5 unspecified atom stereocenters. The fraction of sp³-hybridized carbons (Fsp3) is 0.500. The summed E-state index contributed by atoms with van der Waals surface area (Å²) in [6.07, 6.45) is 2.41. The van der Waals surface area contributed by atoms with Crippen LogP contribution in [0, 0.1) is 5.92 Å². The molecule has 0 saturated carbocycles. The number of carboxylic acid groups (broad SMARTS) is 2. The van der Waals surface area contributed by atoms with Crippen LogP contribution in [0.2, 0.25) is 0 Å². The minimum absolute atomic E-state index is 0.0583. The topological polar surface area (TPSA) is 195 Å². The van der Waals surface area contributed by atoms with Crippen molar-refractivity contribution in [2.75, 3.05) is 6.54 Å². The van der Waals surface area contributed by atoms with Crippen LogP contribution in [0.1, 0.15) is 45.1 Å². The summed E-state index contributed by atoms with van der Waals surface area (Å²) < 4.78 is 0. The van der Waals surface area contributed by atoms with E-state index in [4.69, 9.17) is 5.73 Å². The van der Waals surface area contributed by atoms with Crippen molar-refractivity contribution >= 4 is 40.6 Å². The number of hydrogen-bond acceptors (Lipinski definition) is 6. The number of aromatic nitrogens is 1. The van der Waals surface area contributed by atoms with E-state index in [2.05, 4.69) is 15.6 Å². The summed E-state index contributed by atoms with van der Waals surface area (Å²) in [6.45, 7) is 4.07. The molecule has 2 aromatic rings. The number of para-hydroxylation sites is 1. The number of likely N-dealkylation sites (tertiary alicyclic amines) is 1. The molecular weight excluding hydrogens is 494 g/mol. The van der Waals surface area contributed by atoms with Crippen LogP contribution < -0.4 is 16.4 Å². The van der Waals surface area contributed by atoms with Crippen molar-refractivity contribution in [1.82, 2.24) is 20.5 Å². The van der Waals surface area contributed by atoms with Crippen LogP contribution >= 0.6 is 0 Å². The lowest BCUT2D eigenvalue weighted by Gasteiger charge is -2.30. The number of fused-ring (bicyclic) bond motifs is 1. The van der Waals surface area contributed by atoms with Crippen LogP contribution in [-0.2, 0) is 30.4 Å². The Balaban J connectivity index is 1.72. The van der Waals surface area contributed by atoms with Crippen molar-refractivity contribution in [3.05, 3.63) is 36.0 Å². The third-order valence-electron chi connectivity index (χ3n) is 7.11. The van der Waals surface area contributed by atoms with Gasteiger partial charge in [0.2, 0.25) is 17.7 Å². The molecule has 1 aromatic carbocycles. The fourth-order valence-electron chi connectivity index (χ4n) is 4.64. The number of rotatable bonds is 12. The predicted octanol–water partition coefficient (Wildman–Crippen LogP) is 0.604. The van der Waals surface area contributed by atoms with Gasteiger partial charge in [0.15, 0.2) is 0 Å². The van der Waals surface area contributed by atoms with Gasteiger partial charge in [-0.15, -0.1) is 0 Å². The first-order chi connectivity index (χ1) is 18.0. The first kappa shape index (κ1) is 28.6. The smallest absolute Gasteiger partial charge is 0.326 e. The molecule has 206 valence electrons. The molecule has 1 saturated heterocycles. The quantitative estimate of drug-likeness (QED) is 0.230. The molecule has 1 fully saturated rings. The number of nitrogens with zero attached hydrogens (tertiary/aromatic N) is 1. The number of carbonyl (C=O) groups excluding carboxylic acids is 3. The zero-order valence-electron chi connectivity index (χ0n) is 21.5. The van der Waals surface area contributed by atoms with E-state index in [-0.39, 0.29) is 18.2 Å². The van der Waals surface area contributed by atoms with Crippen LogP contribution in [0.5, 0.6) is 0 Å². The van der Waals surface area contributed by atoms with Crippen molar-refractivity contribution in [2.45, 2.75) is 70.1 Å². The number of H-pyrrole nitrogens is 1. The Bertz CT molecular complexity index is 1200. The highest BCUT2D eigenvalue weighted by atomic mass is 16.4. The van der Waals surface area contributed by atoms with E-state index in [0.717, 1.165) is 10.9 Å². The molecule has 2 heterocycles. The maximum Gasteiger partial charge on any atom is 0.326 e. The number of carbonyl (C=O) groups is 5. The van der Waals surface area contributed by atoms with Crippen LogP contribution in [-0.4, -0.2) is 80.5 Å². The molecule has 0 radical (unpaired) electrons. The van der Waals surface area contributed by atoms with E-state index in [0.29, 0.717) is 31.4 Å². The Hall–Kier alpha value is -3.93. The summed E-state index contributed by atoms with van der Waals surface area (Å²) in [5.41, 5.74) is 7.54. The molecule has 1 aliphatic heterocycles. The molecule has 5 atom stereocenters. The van der Waals surface area contributed by atoms with Crippen LogP contribution in [0.3, 0.4) is 0 Å². The molecule has 0 bridgehead atoms. The molecule has 3 rings (SSSR count). The van der Waals surface area contributed by atoms with Crippen molar-refractivity contribution in [3.8, 4) is 0 Å². The average Bonchev–Trinajstić information content (AvgIpc) is 3.54. The number of benzene rings is 1. The molecule has 0 spiro atoms. The molecular formula is C26H35N5O7. The fourth-order valence-corrected chi connectivity index (χ4v) is 4.64. The number of nitrogens with two attached hydrogens (primary N) is 1. The first-order valence-corrected chi connectivity index (χ1v) is 12.7. The van der Waals surface area contributed by atoms with Gasteiger partial charge in [0.05, 0.1) is 12.5 Å². The molecule has 1 aromatic heterocycles. The van der Waals surface area contributed by atoms with Gasteiger partial charge in [-0.2, -0.15) is 0 Å². The lowest BCUT2D eigenvalue weighted by Crippen LogP contribution is -2.57. The average molecular weight is 530 g/mol. The normalized spacial score (nSPS) is 18.4. The number of aromatic amines is 1. The Morgan fingerprint density at radius 1 is 1.13 bits per heavy atom. The van der Waals surface area contributed by atoms with Gasteiger partial charge in [-0.25, -0.2) is 4.79 Å². The third-order valence-corrected chi connectivity index (χ3v) is 7.11. The number of aliphatic carboxylic acids is 2. The van der Waals surface area contributed by atoms with Crippen LogP contribution in [0.4, 0.5) is 0 Å². The van der Waals surface area contributed by atoms with E-state index in [1.54, 1.807) is 12.3 Å². The van der Waals surface area contributed by atoms with Crippen molar-refractivity contribution in [1.29, 1.82) is 0 Å². The summed E-state index contributed by atoms with van der Waals surface area (Å²) in [4.78, 5) is 66.9.